The van der Waals surface area contributed by atoms with Crippen molar-refractivity contribution in [2.45, 2.75) is 38.1 Å². The monoisotopic (exact) mass is 355 g/mol. The van der Waals surface area contributed by atoms with Crippen molar-refractivity contribution in [3.63, 3.8) is 0 Å². The van der Waals surface area contributed by atoms with Crippen LogP contribution in [0.3, 0.4) is 0 Å². The number of nitrogens with one attached hydrogen (secondary N) is 1. The first-order valence-corrected chi connectivity index (χ1v) is 9.14. The largest absolute Gasteiger partial charge is 0.322 e. The van der Waals surface area contributed by atoms with Crippen molar-refractivity contribution in [2.24, 2.45) is 0 Å². The quantitative estimate of drug-likeness (QED) is 0.848. The number of carbonyl (C=O) groups is 1. The number of hydrogen-bond donors (Lipinski definition) is 1. The number of piperazine rings is 1. The summed E-state index contributed by atoms with van der Waals surface area (Å²) in [4.78, 5) is 16.8. The van der Waals surface area contributed by atoms with Crippen molar-refractivity contribution in [3.05, 3.63) is 28.2 Å². The fourth-order valence-corrected chi connectivity index (χ4v) is 3.98. The summed E-state index contributed by atoms with van der Waals surface area (Å²) >= 11 is 12.0. The van der Waals surface area contributed by atoms with Crippen LogP contribution in [0.25, 0.3) is 0 Å². The molecular formula is C17H23Cl2N3O. The average molecular weight is 356 g/mol. The summed E-state index contributed by atoms with van der Waals surface area (Å²) in [6.45, 7) is 3.47. The maximum Gasteiger partial charge on any atom is 0.321 e. The van der Waals surface area contributed by atoms with Crippen LogP contribution in [0.4, 0.5) is 10.5 Å². The lowest BCUT2D eigenvalue weighted by atomic mass is 9.94. The summed E-state index contributed by atoms with van der Waals surface area (Å²) in [7, 11) is 0. The molecule has 1 heterocycles. The van der Waals surface area contributed by atoms with Gasteiger partial charge in [-0.1, -0.05) is 42.5 Å². The molecule has 1 aliphatic heterocycles. The van der Waals surface area contributed by atoms with Gasteiger partial charge in [-0.3, -0.25) is 4.90 Å². The Kier molecular flexibility index (Phi) is 5.67. The molecule has 1 N–H and O–H groups in total. The molecule has 4 nitrogen and oxygen atoms in total. The molecule has 2 fully saturated rings. The molecule has 3 rings (SSSR count). The van der Waals surface area contributed by atoms with Crippen LogP contribution in [0.5, 0.6) is 0 Å². The van der Waals surface area contributed by atoms with E-state index in [4.69, 9.17) is 23.2 Å². The Labute approximate surface area is 147 Å². The van der Waals surface area contributed by atoms with E-state index in [1.807, 2.05) is 4.90 Å². The molecule has 2 aliphatic rings. The third-order valence-corrected chi connectivity index (χ3v) is 5.41. The molecule has 1 saturated heterocycles. The van der Waals surface area contributed by atoms with E-state index >= 15 is 0 Å². The third-order valence-electron chi connectivity index (χ3n) is 4.87. The molecule has 0 atom stereocenters. The SMILES string of the molecule is O=C(Nc1ccc(Cl)cc1Cl)N1CCN(C2CCCCC2)CC1. The van der Waals surface area contributed by atoms with E-state index in [9.17, 15) is 4.79 Å². The number of urea groups is 1. The zero-order valence-electron chi connectivity index (χ0n) is 13.2. The first kappa shape index (κ1) is 16.9. The lowest BCUT2D eigenvalue weighted by Crippen LogP contribution is -2.53. The highest BCUT2D eigenvalue weighted by Crippen LogP contribution is 2.26. The minimum absolute atomic E-state index is 0.0856. The molecule has 126 valence electrons. The zero-order valence-corrected chi connectivity index (χ0v) is 14.7. The normalized spacial score (nSPS) is 20.5. The van der Waals surface area contributed by atoms with Gasteiger partial charge in [0.1, 0.15) is 0 Å². The van der Waals surface area contributed by atoms with Crippen LogP contribution < -0.4 is 5.32 Å². The summed E-state index contributed by atoms with van der Waals surface area (Å²) < 4.78 is 0. The molecule has 0 spiro atoms. The summed E-state index contributed by atoms with van der Waals surface area (Å²) in [5, 5.41) is 3.91. The maximum atomic E-state index is 12.4. The average Bonchev–Trinajstić information content (AvgIpc) is 2.58. The van der Waals surface area contributed by atoms with Crippen LogP contribution in [-0.2, 0) is 0 Å². The molecule has 1 saturated carbocycles. The predicted octanol–water partition coefficient (Wildman–Crippen LogP) is 4.48. The van der Waals surface area contributed by atoms with E-state index in [0.29, 0.717) is 15.7 Å². The first-order valence-electron chi connectivity index (χ1n) is 8.38. The van der Waals surface area contributed by atoms with Gasteiger partial charge in [0.2, 0.25) is 0 Å². The van der Waals surface area contributed by atoms with Gasteiger partial charge in [0.05, 0.1) is 10.7 Å². The molecule has 0 radical (unpaired) electrons. The summed E-state index contributed by atoms with van der Waals surface area (Å²) in [5.74, 6) is 0. The number of nitrogens with zero attached hydrogens (tertiary/aromatic N) is 2. The lowest BCUT2D eigenvalue weighted by molar-refractivity contribution is 0.0943. The van der Waals surface area contributed by atoms with Crippen LogP contribution in [0, 0.1) is 0 Å². The summed E-state index contributed by atoms with van der Waals surface area (Å²) in [6, 6.07) is 5.74. The van der Waals surface area contributed by atoms with Gasteiger partial charge < -0.3 is 10.2 Å². The van der Waals surface area contributed by atoms with Crippen molar-refractivity contribution in [3.8, 4) is 0 Å². The Morgan fingerprint density at radius 2 is 1.74 bits per heavy atom. The van der Waals surface area contributed by atoms with Gasteiger partial charge in [0, 0.05) is 37.2 Å². The van der Waals surface area contributed by atoms with E-state index in [-0.39, 0.29) is 6.03 Å². The Morgan fingerprint density at radius 1 is 1.04 bits per heavy atom. The van der Waals surface area contributed by atoms with Gasteiger partial charge in [0.25, 0.3) is 0 Å². The number of amides is 2. The van der Waals surface area contributed by atoms with Crippen LogP contribution in [-0.4, -0.2) is 48.1 Å². The van der Waals surface area contributed by atoms with E-state index in [1.165, 1.54) is 32.1 Å². The maximum absolute atomic E-state index is 12.4. The number of benzene rings is 1. The van der Waals surface area contributed by atoms with Crippen molar-refractivity contribution in [1.82, 2.24) is 9.80 Å². The number of rotatable bonds is 2. The second-order valence-electron chi connectivity index (χ2n) is 6.37. The van der Waals surface area contributed by atoms with Crippen LogP contribution in [0.15, 0.2) is 18.2 Å². The Balaban J connectivity index is 1.51. The van der Waals surface area contributed by atoms with Crippen LogP contribution in [0.2, 0.25) is 10.0 Å². The van der Waals surface area contributed by atoms with E-state index in [2.05, 4.69) is 10.2 Å². The fourth-order valence-electron chi connectivity index (χ4n) is 3.52. The van der Waals surface area contributed by atoms with E-state index < -0.39 is 0 Å². The molecule has 0 aromatic heterocycles. The molecule has 2 amide bonds. The van der Waals surface area contributed by atoms with Crippen molar-refractivity contribution >= 4 is 34.9 Å². The molecule has 0 bridgehead atoms. The number of hydrogen-bond acceptors (Lipinski definition) is 2. The lowest BCUT2D eigenvalue weighted by Gasteiger charge is -2.40. The van der Waals surface area contributed by atoms with Crippen molar-refractivity contribution < 1.29 is 4.79 Å². The van der Waals surface area contributed by atoms with Crippen LogP contribution in [0.1, 0.15) is 32.1 Å². The standard InChI is InChI=1S/C17H23Cl2N3O/c18-13-6-7-16(15(19)12-13)20-17(23)22-10-8-21(9-11-22)14-4-2-1-3-5-14/h6-7,12,14H,1-5,8-11H2,(H,20,23). The molecular weight excluding hydrogens is 333 g/mol. The molecule has 0 unspecified atom stereocenters. The molecule has 23 heavy (non-hydrogen) atoms. The van der Waals surface area contributed by atoms with Gasteiger partial charge in [-0.2, -0.15) is 0 Å². The summed E-state index contributed by atoms with van der Waals surface area (Å²) in [6.07, 6.45) is 6.70. The Morgan fingerprint density at radius 3 is 2.39 bits per heavy atom. The number of halogens is 2. The zero-order chi connectivity index (χ0) is 16.2. The smallest absolute Gasteiger partial charge is 0.321 e. The van der Waals surface area contributed by atoms with Gasteiger partial charge >= 0.3 is 6.03 Å². The Bertz CT molecular complexity index is 553. The highest BCUT2D eigenvalue weighted by atomic mass is 35.5. The van der Waals surface area contributed by atoms with Gasteiger partial charge in [0.15, 0.2) is 0 Å². The van der Waals surface area contributed by atoms with E-state index in [1.54, 1.807) is 18.2 Å². The minimum Gasteiger partial charge on any atom is -0.322 e. The van der Waals surface area contributed by atoms with Crippen molar-refractivity contribution in [1.29, 1.82) is 0 Å². The van der Waals surface area contributed by atoms with Gasteiger partial charge in [-0.15, -0.1) is 0 Å². The number of carbonyl (C=O) groups excluding carboxylic acids is 1. The highest BCUT2D eigenvalue weighted by molar-refractivity contribution is 6.36. The molecule has 1 aromatic carbocycles. The molecule has 1 aromatic rings. The first-order chi connectivity index (χ1) is 11.1. The second kappa shape index (κ2) is 7.73. The fraction of sp³-hybridized carbons (Fsp3) is 0.588. The number of anilines is 1. The van der Waals surface area contributed by atoms with Crippen molar-refractivity contribution in [2.75, 3.05) is 31.5 Å². The minimum atomic E-state index is -0.0856. The highest BCUT2D eigenvalue weighted by Gasteiger charge is 2.27. The third kappa shape index (κ3) is 4.31. The van der Waals surface area contributed by atoms with Gasteiger partial charge in [-0.05, 0) is 31.0 Å². The predicted molar refractivity (Wildman–Crippen MR) is 95.5 cm³/mol. The Hall–Kier alpha value is -0.970. The molecule has 6 heteroatoms. The topological polar surface area (TPSA) is 35.6 Å². The second-order valence-corrected chi connectivity index (χ2v) is 7.21. The molecule has 1 aliphatic carbocycles. The summed E-state index contributed by atoms with van der Waals surface area (Å²) in [5.41, 5.74) is 0.607. The van der Waals surface area contributed by atoms with E-state index in [0.717, 1.165) is 32.2 Å². The van der Waals surface area contributed by atoms with Gasteiger partial charge in [-0.25, -0.2) is 4.79 Å². The van der Waals surface area contributed by atoms with Crippen LogP contribution >= 0.6 is 23.2 Å².